The number of aromatic nitrogens is 3. The minimum atomic E-state index is -1.08. The van der Waals surface area contributed by atoms with Crippen molar-refractivity contribution in [2.45, 2.75) is 113 Å². The van der Waals surface area contributed by atoms with Gasteiger partial charge in [0.25, 0.3) is 0 Å². The summed E-state index contributed by atoms with van der Waals surface area (Å²) in [4.78, 5) is 14.9. The van der Waals surface area contributed by atoms with E-state index in [-0.39, 0.29) is 23.4 Å². The maximum absolute atomic E-state index is 14.2. The average molecular weight is 546 g/mol. The highest BCUT2D eigenvalue weighted by atomic mass is 19.2. The van der Waals surface area contributed by atoms with E-state index in [0.29, 0.717) is 57.8 Å². The van der Waals surface area contributed by atoms with Gasteiger partial charge in [0, 0.05) is 27.9 Å². The Morgan fingerprint density at radius 1 is 0.949 bits per heavy atom. The van der Waals surface area contributed by atoms with E-state index in [9.17, 15) is 18.7 Å². The molecule has 0 spiro atoms. The second-order valence-corrected chi connectivity index (χ2v) is 14.0. The van der Waals surface area contributed by atoms with Gasteiger partial charge >= 0.3 is 0 Å². The van der Waals surface area contributed by atoms with Crippen LogP contribution in [0.15, 0.2) is 12.1 Å². The predicted molar refractivity (Wildman–Crippen MR) is 142 cm³/mol. The second-order valence-electron chi connectivity index (χ2n) is 14.0. The number of benzene rings is 1. The van der Waals surface area contributed by atoms with Gasteiger partial charge in [-0.3, -0.25) is 4.79 Å². The summed E-state index contributed by atoms with van der Waals surface area (Å²) >= 11 is 0. The van der Waals surface area contributed by atoms with E-state index < -0.39 is 56.1 Å². The number of nitrogens with two attached hydrogens (primary N) is 4. The Labute approximate surface area is 227 Å². The van der Waals surface area contributed by atoms with Crippen molar-refractivity contribution in [3.8, 4) is 0 Å². The predicted octanol–water partition coefficient (Wildman–Crippen LogP) is 2.01. The molecule has 0 saturated heterocycles. The van der Waals surface area contributed by atoms with E-state index >= 15 is 0 Å². The van der Waals surface area contributed by atoms with E-state index in [1.54, 1.807) is 0 Å². The van der Waals surface area contributed by atoms with Crippen LogP contribution in [-0.2, 0) is 11.3 Å². The van der Waals surface area contributed by atoms with Gasteiger partial charge in [0.15, 0.2) is 22.9 Å². The summed E-state index contributed by atoms with van der Waals surface area (Å²) in [6.45, 7) is 5.85. The molecule has 9 N–H and O–H groups in total. The molecular weight excluding hydrogens is 504 g/mol. The van der Waals surface area contributed by atoms with Crippen molar-refractivity contribution in [1.29, 1.82) is 0 Å². The molecule has 1 aromatic carbocycles. The molecule has 4 saturated carbocycles. The second kappa shape index (κ2) is 7.82. The smallest absolute Gasteiger partial charge is 0.188 e. The van der Waals surface area contributed by atoms with E-state index in [1.165, 1.54) is 6.07 Å². The molecular formula is C28H41F2N7O2. The summed E-state index contributed by atoms with van der Waals surface area (Å²) in [5.41, 5.74) is 23.9. The van der Waals surface area contributed by atoms with Gasteiger partial charge in [-0.2, -0.15) is 9.90 Å². The van der Waals surface area contributed by atoms with Crippen molar-refractivity contribution in [3.63, 3.8) is 0 Å². The maximum Gasteiger partial charge on any atom is 0.188 e. The van der Waals surface area contributed by atoms with Crippen LogP contribution in [-0.4, -0.2) is 53.6 Å². The summed E-state index contributed by atoms with van der Waals surface area (Å²) in [6, 6.07) is 2.34. The lowest BCUT2D eigenvalue weighted by atomic mass is 9.34. The van der Waals surface area contributed by atoms with Gasteiger partial charge in [-0.05, 0) is 82.3 Å². The number of carbonyl (C=O) groups excluding carboxylic acids is 1. The fourth-order valence-electron chi connectivity index (χ4n) is 9.70. The minimum Gasteiger partial charge on any atom is -0.390 e. The van der Waals surface area contributed by atoms with Gasteiger partial charge in [-0.1, -0.05) is 13.8 Å². The van der Waals surface area contributed by atoms with Crippen LogP contribution in [0, 0.1) is 28.4 Å². The van der Waals surface area contributed by atoms with Crippen LogP contribution in [0.3, 0.4) is 0 Å². The van der Waals surface area contributed by atoms with Gasteiger partial charge < -0.3 is 28.0 Å². The van der Waals surface area contributed by atoms with Crippen molar-refractivity contribution >= 4 is 16.8 Å². The number of rotatable bonds is 3. The summed E-state index contributed by atoms with van der Waals surface area (Å²) in [5.74, 6) is -2.61. The van der Waals surface area contributed by atoms with Crippen LogP contribution in [0.1, 0.15) is 78.6 Å². The first-order valence-corrected chi connectivity index (χ1v) is 14.1. The van der Waals surface area contributed by atoms with E-state index in [2.05, 4.69) is 24.0 Å². The molecule has 0 bridgehead atoms. The summed E-state index contributed by atoms with van der Waals surface area (Å²) in [5, 5.41) is 19.2. The molecule has 2 unspecified atom stereocenters. The van der Waals surface area contributed by atoms with Gasteiger partial charge in [0.2, 0.25) is 0 Å². The molecule has 1 aromatic heterocycles. The number of carbonyl (C=O) groups is 1. The van der Waals surface area contributed by atoms with E-state index in [1.807, 2.05) is 6.92 Å². The average Bonchev–Trinajstić information content (AvgIpc) is 3.39. The van der Waals surface area contributed by atoms with Crippen LogP contribution < -0.4 is 22.9 Å². The van der Waals surface area contributed by atoms with Gasteiger partial charge in [-0.25, -0.2) is 8.78 Å². The van der Waals surface area contributed by atoms with Crippen LogP contribution in [0.2, 0.25) is 0 Å². The Kier molecular flexibility index (Phi) is 5.44. The van der Waals surface area contributed by atoms with Crippen molar-refractivity contribution in [2.24, 2.45) is 39.7 Å². The molecule has 0 aliphatic heterocycles. The Morgan fingerprint density at radius 3 is 2.36 bits per heavy atom. The fraction of sp³-hybridized carbons (Fsp3) is 0.750. The first-order chi connectivity index (χ1) is 18.0. The van der Waals surface area contributed by atoms with Gasteiger partial charge in [0.05, 0.1) is 11.1 Å². The molecule has 0 radical (unpaired) electrons. The molecule has 214 valence electrons. The highest BCUT2D eigenvalue weighted by molar-refractivity contribution is 5.83. The Bertz CT molecular complexity index is 1380. The number of hydrogen-bond acceptors (Lipinski definition) is 8. The first kappa shape index (κ1) is 27.1. The molecule has 2 aromatic rings. The highest BCUT2D eigenvalue weighted by Crippen LogP contribution is 2.70. The number of aliphatic hydroxyl groups is 1. The quantitative estimate of drug-likeness (QED) is 0.390. The number of hydrogen-bond donors (Lipinski definition) is 5. The molecule has 6 rings (SSSR count). The van der Waals surface area contributed by atoms with Crippen molar-refractivity contribution in [3.05, 3.63) is 23.8 Å². The number of nitrogens with zero attached hydrogens (tertiary/aromatic N) is 3. The number of halogens is 2. The largest absolute Gasteiger partial charge is 0.390 e. The lowest BCUT2D eigenvalue weighted by Crippen LogP contribution is -2.93. The SMILES string of the molecule is CC12CC[C@@]3(N)C(N)(CC[C@]4(N)C[C@](C)(O)CC[C@@]43C)[C@]1(N)CC[C@@H]2C(=O)Cn1nc2ccc(F)c(F)c2n1. The van der Waals surface area contributed by atoms with E-state index in [0.717, 1.165) is 10.9 Å². The third-order valence-corrected chi connectivity index (χ3v) is 12.3. The molecule has 8 atom stereocenters. The zero-order chi connectivity index (χ0) is 28.4. The Hall–Kier alpha value is -2.05. The highest BCUT2D eigenvalue weighted by Gasteiger charge is 2.79. The molecule has 1 heterocycles. The fourth-order valence-corrected chi connectivity index (χ4v) is 9.70. The lowest BCUT2D eigenvalue weighted by molar-refractivity contribution is -0.186. The Balaban J connectivity index is 1.32. The molecule has 9 nitrogen and oxygen atoms in total. The van der Waals surface area contributed by atoms with E-state index in [4.69, 9.17) is 22.9 Å². The minimum absolute atomic E-state index is 0.108. The monoisotopic (exact) mass is 545 g/mol. The lowest BCUT2D eigenvalue weighted by Gasteiger charge is -2.76. The number of Topliss-reactive ketones (excluding diaryl/α,β-unsaturated/α-hetero) is 1. The summed E-state index contributed by atoms with van der Waals surface area (Å²) < 4.78 is 27.9. The normalized spacial score (nSPS) is 47.5. The zero-order valence-electron chi connectivity index (χ0n) is 23.1. The van der Waals surface area contributed by atoms with Crippen LogP contribution in [0.5, 0.6) is 0 Å². The molecule has 0 amide bonds. The molecule has 11 heteroatoms. The topological polar surface area (TPSA) is 172 Å². The third kappa shape index (κ3) is 3.14. The summed E-state index contributed by atoms with van der Waals surface area (Å²) in [7, 11) is 0. The number of ketones is 1. The molecule has 39 heavy (non-hydrogen) atoms. The summed E-state index contributed by atoms with van der Waals surface area (Å²) in [6.07, 6.45) is 5.04. The third-order valence-electron chi connectivity index (χ3n) is 12.3. The van der Waals surface area contributed by atoms with Gasteiger partial charge in [0.1, 0.15) is 12.1 Å². The Morgan fingerprint density at radius 2 is 1.64 bits per heavy atom. The first-order valence-electron chi connectivity index (χ1n) is 14.1. The van der Waals surface area contributed by atoms with Crippen molar-refractivity contribution in [1.82, 2.24) is 15.0 Å². The number of fused-ring (bicyclic) bond motifs is 6. The maximum atomic E-state index is 14.2. The van der Waals surface area contributed by atoms with Crippen molar-refractivity contribution in [2.75, 3.05) is 0 Å². The van der Waals surface area contributed by atoms with Crippen LogP contribution >= 0.6 is 0 Å². The van der Waals surface area contributed by atoms with Gasteiger partial charge in [-0.15, -0.1) is 5.10 Å². The standard InChI is InChI=1S/C28H41F2N7O2/c1-22(39)8-10-24(3)25(31,15-22)11-13-28(34)26(32)7-6-16(23(26,2)9-12-27(24,28)33)19(38)14-37-35-18-5-4-17(29)20(30)21(18)36-37/h4-5,16,39H,6-15,31-34H2,1-3H3/t16-,22-,23?,24+,25+,26+,27+,28?/m1/s1. The molecule has 4 aliphatic rings. The molecule has 4 fully saturated rings. The van der Waals surface area contributed by atoms with Crippen molar-refractivity contribution < 1.29 is 18.7 Å². The molecule has 4 aliphatic carbocycles. The van der Waals surface area contributed by atoms with Crippen LogP contribution in [0.4, 0.5) is 8.78 Å². The van der Waals surface area contributed by atoms with Crippen LogP contribution in [0.25, 0.3) is 11.0 Å². The zero-order valence-corrected chi connectivity index (χ0v) is 23.1.